The topological polar surface area (TPSA) is 77.2 Å². The Bertz CT molecular complexity index is 597. The Balaban J connectivity index is 1.96. The molecule has 1 amide bonds. The van der Waals surface area contributed by atoms with Crippen LogP contribution in [0, 0.1) is 6.92 Å². The summed E-state index contributed by atoms with van der Waals surface area (Å²) in [6, 6.07) is 11.6. The van der Waals surface area contributed by atoms with Gasteiger partial charge in [0.25, 0.3) is 0 Å². The van der Waals surface area contributed by atoms with E-state index in [0.29, 0.717) is 12.3 Å². The van der Waals surface area contributed by atoms with Gasteiger partial charge in [-0.2, -0.15) is 0 Å². The van der Waals surface area contributed by atoms with E-state index in [2.05, 4.69) is 10.3 Å². The fraction of sp³-hybridized carbons (Fsp3) is 0.250. The molecule has 0 spiro atoms. The monoisotopic (exact) mass is 285 g/mol. The molecule has 5 heteroatoms. The Morgan fingerprint density at radius 2 is 2.10 bits per heavy atom. The van der Waals surface area contributed by atoms with E-state index in [1.165, 1.54) is 0 Å². The third-order valence-corrected chi connectivity index (χ3v) is 2.93. The summed E-state index contributed by atoms with van der Waals surface area (Å²) in [5.74, 6) is 0.329. The standard InChI is InChI=1S/C16H19N3O2/c1-12-6-7-13(18-10-12)11-19-14-4-2-3-5-15(14)21-9-8-16(17)20/h2-7,10,19H,8-9,11H2,1H3,(H2,17,20). The third-order valence-electron chi connectivity index (χ3n) is 2.93. The van der Waals surface area contributed by atoms with Crippen molar-refractivity contribution >= 4 is 11.6 Å². The van der Waals surface area contributed by atoms with Crippen LogP contribution >= 0.6 is 0 Å². The van der Waals surface area contributed by atoms with E-state index >= 15 is 0 Å². The van der Waals surface area contributed by atoms with Gasteiger partial charge in [0.2, 0.25) is 5.91 Å². The number of benzene rings is 1. The molecule has 2 aromatic rings. The zero-order chi connectivity index (χ0) is 15.1. The predicted molar refractivity (Wildman–Crippen MR) is 82.0 cm³/mol. The van der Waals surface area contributed by atoms with Gasteiger partial charge in [-0.3, -0.25) is 9.78 Å². The second-order valence-electron chi connectivity index (χ2n) is 4.74. The van der Waals surface area contributed by atoms with Crippen molar-refractivity contribution in [3.63, 3.8) is 0 Å². The lowest BCUT2D eigenvalue weighted by Gasteiger charge is -2.12. The van der Waals surface area contributed by atoms with Gasteiger partial charge in [0.05, 0.1) is 31.0 Å². The molecule has 0 atom stereocenters. The first-order valence-corrected chi connectivity index (χ1v) is 6.80. The molecular formula is C16H19N3O2. The molecule has 1 heterocycles. The Morgan fingerprint density at radius 3 is 2.81 bits per heavy atom. The van der Waals surface area contributed by atoms with Crippen LogP contribution in [0.15, 0.2) is 42.6 Å². The summed E-state index contributed by atoms with van der Waals surface area (Å²) in [6.07, 6.45) is 2.04. The first-order chi connectivity index (χ1) is 10.1. The second-order valence-corrected chi connectivity index (χ2v) is 4.74. The van der Waals surface area contributed by atoms with Crippen molar-refractivity contribution in [3.05, 3.63) is 53.9 Å². The highest BCUT2D eigenvalue weighted by atomic mass is 16.5. The number of para-hydroxylation sites is 2. The molecule has 2 rings (SSSR count). The summed E-state index contributed by atoms with van der Waals surface area (Å²) < 4.78 is 5.57. The molecule has 0 fully saturated rings. The largest absolute Gasteiger partial charge is 0.491 e. The quantitative estimate of drug-likeness (QED) is 0.818. The van der Waals surface area contributed by atoms with E-state index in [4.69, 9.17) is 10.5 Å². The van der Waals surface area contributed by atoms with Crippen LogP contribution in [0.1, 0.15) is 17.7 Å². The maximum Gasteiger partial charge on any atom is 0.220 e. The number of nitrogens with two attached hydrogens (primary N) is 1. The van der Waals surface area contributed by atoms with Crippen molar-refractivity contribution in [1.29, 1.82) is 0 Å². The second kappa shape index (κ2) is 7.28. The van der Waals surface area contributed by atoms with Crippen LogP contribution < -0.4 is 15.8 Å². The zero-order valence-electron chi connectivity index (χ0n) is 12.0. The van der Waals surface area contributed by atoms with Gasteiger partial charge >= 0.3 is 0 Å². The SMILES string of the molecule is Cc1ccc(CNc2ccccc2OCCC(N)=O)nc1. The third kappa shape index (κ3) is 4.80. The molecule has 110 valence electrons. The number of aromatic nitrogens is 1. The molecule has 0 saturated heterocycles. The van der Waals surface area contributed by atoms with Crippen molar-refractivity contribution in [2.24, 2.45) is 5.73 Å². The number of anilines is 1. The van der Waals surface area contributed by atoms with Crippen LogP contribution in [0.3, 0.4) is 0 Å². The van der Waals surface area contributed by atoms with Gasteiger partial charge < -0.3 is 15.8 Å². The van der Waals surface area contributed by atoms with Gasteiger partial charge in [-0.15, -0.1) is 0 Å². The number of nitrogens with one attached hydrogen (secondary N) is 1. The lowest BCUT2D eigenvalue weighted by atomic mass is 10.2. The number of aryl methyl sites for hydroxylation is 1. The van der Waals surface area contributed by atoms with Crippen molar-refractivity contribution in [2.45, 2.75) is 19.9 Å². The Labute approximate surface area is 124 Å². The van der Waals surface area contributed by atoms with E-state index in [0.717, 1.165) is 16.9 Å². The van der Waals surface area contributed by atoms with Gasteiger partial charge in [0, 0.05) is 6.20 Å². The smallest absolute Gasteiger partial charge is 0.220 e. The molecule has 21 heavy (non-hydrogen) atoms. The summed E-state index contributed by atoms with van der Waals surface area (Å²) in [6.45, 7) is 2.89. The number of carbonyl (C=O) groups is 1. The lowest BCUT2D eigenvalue weighted by Crippen LogP contribution is -2.15. The fourth-order valence-corrected chi connectivity index (χ4v) is 1.79. The first-order valence-electron chi connectivity index (χ1n) is 6.80. The Morgan fingerprint density at radius 1 is 1.29 bits per heavy atom. The number of amides is 1. The molecule has 0 saturated carbocycles. The highest BCUT2D eigenvalue weighted by molar-refractivity contribution is 5.73. The number of carbonyl (C=O) groups excluding carboxylic acids is 1. The van der Waals surface area contributed by atoms with Crippen LogP contribution in [0.5, 0.6) is 5.75 Å². The van der Waals surface area contributed by atoms with E-state index in [1.807, 2.05) is 49.5 Å². The van der Waals surface area contributed by atoms with Gasteiger partial charge in [-0.25, -0.2) is 0 Å². The molecule has 1 aromatic heterocycles. The molecule has 5 nitrogen and oxygen atoms in total. The van der Waals surface area contributed by atoms with Crippen LogP contribution in [0.4, 0.5) is 5.69 Å². The number of rotatable bonds is 7. The lowest BCUT2D eigenvalue weighted by molar-refractivity contribution is -0.118. The van der Waals surface area contributed by atoms with Gasteiger partial charge in [0.1, 0.15) is 5.75 Å². The minimum atomic E-state index is -0.371. The number of pyridine rings is 1. The average molecular weight is 285 g/mol. The van der Waals surface area contributed by atoms with Crippen molar-refractivity contribution in [1.82, 2.24) is 4.98 Å². The maximum absolute atomic E-state index is 10.7. The summed E-state index contributed by atoms with van der Waals surface area (Å²) in [4.78, 5) is 15.1. The molecule has 1 aromatic carbocycles. The van der Waals surface area contributed by atoms with Crippen LogP contribution in [0.25, 0.3) is 0 Å². The molecular weight excluding hydrogens is 266 g/mol. The van der Waals surface area contributed by atoms with E-state index < -0.39 is 0 Å². The molecule has 0 aliphatic carbocycles. The number of hydrogen-bond acceptors (Lipinski definition) is 4. The average Bonchev–Trinajstić information content (AvgIpc) is 2.47. The summed E-state index contributed by atoms with van der Waals surface area (Å²) >= 11 is 0. The minimum Gasteiger partial charge on any atom is -0.491 e. The molecule has 0 radical (unpaired) electrons. The molecule has 3 N–H and O–H groups in total. The Kier molecular flexibility index (Phi) is 5.15. The van der Waals surface area contributed by atoms with Crippen molar-refractivity contribution < 1.29 is 9.53 Å². The number of hydrogen-bond donors (Lipinski definition) is 2. The van der Waals surface area contributed by atoms with Gasteiger partial charge in [-0.1, -0.05) is 18.2 Å². The van der Waals surface area contributed by atoms with E-state index in [1.54, 1.807) is 0 Å². The van der Waals surface area contributed by atoms with Crippen LogP contribution in [-0.4, -0.2) is 17.5 Å². The van der Waals surface area contributed by atoms with Gasteiger partial charge in [-0.05, 0) is 30.7 Å². The minimum absolute atomic E-state index is 0.202. The highest BCUT2D eigenvalue weighted by Gasteiger charge is 2.04. The zero-order valence-corrected chi connectivity index (χ0v) is 12.0. The highest BCUT2D eigenvalue weighted by Crippen LogP contribution is 2.24. The summed E-state index contributed by atoms with van der Waals surface area (Å²) in [5.41, 5.74) is 8.05. The van der Waals surface area contributed by atoms with Gasteiger partial charge in [0.15, 0.2) is 0 Å². The predicted octanol–water partition coefficient (Wildman–Crippen LogP) is 2.26. The fourth-order valence-electron chi connectivity index (χ4n) is 1.79. The Hall–Kier alpha value is -2.56. The molecule has 0 unspecified atom stereocenters. The maximum atomic E-state index is 10.7. The summed E-state index contributed by atoms with van der Waals surface area (Å²) in [5, 5.41) is 3.28. The molecule has 0 aliphatic rings. The van der Waals surface area contributed by atoms with Crippen molar-refractivity contribution in [2.75, 3.05) is 11.9 Å². The summed E-state index contributed by atoms with van der Waals surface area (Å²) in [7, 11) is 0. The van der Waals surface area contributed by atoms with Crippen molar-refractivity contribution in [3.8, 4) is 5.75 Å². The van der Waals surface area contributed by atoms with Crippen LogP contribution in [0.2, 0.25) is 0 Å². The normalized spacial score (nSPS) is 10.1. The number of nitrogens with zero attached hydrogens (tertiary/aromatic N) is 1. The number of primary amides is 1. The van der Waals surface area contributed by atoms with E-state index in [-0.39, 0.29) is 18.9 Å². The first kappa shape index (κ1) is 14.8. The molecule has 0 aliphatic heterocycles. The van der Waals surface area contributed by atoms with Crippen LogP contribution in [-0.2, 0) is 11.3 Å². The molecule has 0 bridgehead atoms. The number of ether oxygens (including phenoxy) is 1. The van der Waals surface area contributed by atoms with E-state index in [9.17, 15) is 4.79 Å².